The lowest BCUT2D eigenvalue weighted by Crippen LogP contribution is -2.45. The largest absolute Gasteiger partial charge is 0.393 e. The van der Waals surface area contributed by atoms with Crippen LogP contribution in [0.1, 0.15) is 18.4 Å². The zero-order valence-corrected chi connectivity index (χ0v) is 10.1. The Morgan fingerprint density at radius 2 is 2.18 bits per heavy atom. The molecule has 0 spiro atoms. The maximum absolute atomic E-state index is 9.35. The van der Waals surface area contributed by atoms with Gasteiger partial charge in [-0.05, 0) is 31.0 Å². The van der Waals surface area contributed by atoms with Crippen LogP contribution in [0.2, 0.25) is 0 Å². The van der Waals surface area contributed by atoms with E-state index in [0.717, 1.165) is 24.2 Å². The first-order valence-electron chi connectivity index (χ1n) is 5.78. The third-order valence-electron chi connectivity index (χ3n) is 3.41. The molecular weight excluding hydrogens is 214 g/mol. The summed E-state index contributed by atoms with van der Waals surface area (Å²) in [4.78, 5) is 2.14. The van der Waals surface area contributed by atoms with E-state index in [0.29, 0.717) is 11.6 Å². The molecule has 4 nitrogen and oxygen atoms in total. The van der Waals surface area contributed by atoms with Gasteiger partial charge in [-0.3, -0.25) is 0 Å². The summed E-state index contributed by atoms with van der Waals surface area (Å²) in [7, 11) is 3.88. The second-order valence-corrected chi connectivity index (χ2v) is 4.48. The van der Waals surface area contributed by atoms with Gasteiger partial charge in [0, 0.05) is 20.1 Å². The van der Waals surface area contributed by atoms with Crippen molar-refractivity contribution >= 4 is 11.4 Å². The van der Waals surface area contributed by atoms with Gasteiger partial charge in [0.15, 0.2) is 0 Å². The molecule has 1 saturated carbocycles. The summed E-state index contributed by atoms with van der Waals surface area (Å²) in [5, 5.41) is 21.4. The fraction of sp³-hybridized carbons (Fsp3) is 0.462. The van der Waals surface area contributed by atoms with E-state index in [-0.39, 0.29) is 6.10 Å². The molecule has 1 aliphatic carbocycles. The predicted octanol–water partition coefficient (Wildman–Crippen LogP) is 1.56. The van der Waals surface area contributed by atoms with Crippen molar-refractivity contribution in [1.29, 1.82) is 5.26 Å². The van der Waals surface area contributed by atoms with Crippen LogP contribution >= 0.6 is 0 Å². The van der Waals surface area contributed by atoms with E-state index in [1.165, 1.54) is 0 Å². The first kappa shape index (κ1) is 11.7. The molecule has 1 fully saturated rings. The third kappa shape index (κ3) is 2.20. The van der Waals surface area contributed by atoms with Gasteiger partial charge in [0.1, 0.15) is 0 Å². The number of hydrogen-bond acceptors (Lipinski definition) is 4. The molecular formula is C13H17N3O. The van der Waals surface area contributed by atoms with Gasteiger partial charge < -0.3 is 15.3 Å². The predicted molar refractivity (Wildman–Crippen MR) is 68.1 cm³/mol. The fourth-order valence-corrected chi connectivity index (χ4v) is 2.18. The van der Waals surface area contributed by atoms with Gasteiger partial charge in [-0.2, -0.15) is 5.26 Å². The molecule has 0 aromatic heterocycles. The molecule has 1 aromatic rings. The average molecular weight is 231 g/mol. The summed E-state index contributed by atoms with van der Waals surface area (Å²) in [6, 6.07) is 8.13. The molecule has 0 atom stereocenters. The van der Waals surface area contributed by atoms with Crippen LogP contribution in [0.4, 0.5) is 11.4 Å². The number of hydrogen-bond donors (Lipinski definition) is 2. The summed E-state index contributed by atoms with van der Waals surface area (Å²) in [6.45, 7) is 0. The van der Waals surface area contributed by atoms with Crippen molar-refractivity contribution in [2.24, 2.45) is 0 Å². The lowest BCUT2D eigenvalue weighted by molar-refractivity contribution is 0.0751. The Morgan fingerprint density at radius 1 is 1.47 bits per heavy atom. The zero-order valence-electron chi connectivity index (χ0n) is 10.1. The highest BCUT2D eigenvalue weighted by Gasteiger charge is 2.31. The summed E-state index contributed by atoms with van der Waals surface area (Å²) in [6.07, 6.45) is 1.44. The van der Waals surface area contributed by atoms with Gasteiger partial charge in [-0.1, -0.05) is 0 Å². The van der Waals surface area contributed by atoms with E-state index in [2.05, 4.69) is 16.3 Å². The summed E-state index contributed by atoms with van der Waals surface area (Å²) < 4.78 is 0. The Morgan fingerprint density at radius 3 is 2.71 bits per heavy atom. The highest BCUT2D eigenvalue weighted by atomic mass is 16.3. The number of nitrogens with one attached hydrogen (secondary N) is 1. The molecule has 0 bridgehead atoms. The van der Waals surface area contributed by atoms with Gasteiger partial charge in [-0.15, -0.1) is 0 Å². The van der Waals surface area contributed by atoms with Crippen LogP contribution in [0, 0.1) is 11.3 Å². The van der Waals surface area contributed by atoms with Crippen molar-refractivity contribution in [2.75, 3.05) is 24.3 Å². The van der Waals surface area contributed by atoms with Gasteiger partial charge in [-0.25, -0.2) is 0 Å². The lowest BCUT2D eigenvalue weighted by Gasteiger charge is -2.40. The number of aliphatic hydroxyl groups excluding tert-OH is 1. The van der Waals surface area contributed by atoms with Crippen molar-refractivity contribution in [1.82, 2.24) is 0 Å². The maximum Gasteiger partial charge on any atom is 0.0992 e. The average Bonchev–Trinajstić information content (AvgIpc) is 2.33. The number of nitriles is 1. The number of benzene rings is 1. The second kappa shape index (κ2) is 4.64. The SMILES string of the molecule is CNc1ccc(C#N)cc1N(C)C1CC(O)C1. The molecule has 2 N–H and O–H groups in total. The maximum atomic E-state index is 9.35. The first-order valence-corrected chi connectivity index (χ1v) is 5.78. The Bertz CT molecular complexity index is 446. The molecule has 0 aliphatic heterocycles. The highest BCUT2D eigenvalue weighted by molar-refractivity contribution is 5.72. The molecule has 2 rings (SSSR count). The van der Waals surface area contributed by atoms with Crippen LogP contribution in [0.5, 0.6) is 0 Å². The standard InChI is InChI=1S/C13H17N3O/c1-15-12-4-3-9(8-14)5-13(12)16(2)10-6-11(17)7-10/h3-5,10-11,15,17H,6-7H2,1-2H3. The van der Waals surface area contributed by atoms with Gasteiger partial charge >= 0.3 is 0 Å². The van der Waals surface area contributed by atoms with Crippen LogP contribution in [0.25, 0.3) is 0 Å². The summed E-state index contributed by atoms with van der Waals surface area (Å²) >= 11 is 0. The first-order chi connectivity index (χ1) is 8.15. The molecule has 0 unspecified atom stereocenters. The summed E-state index contributed by atoms with van der Waals surface area (Å²) in [5.41, 5.74) is 2.68. The van der Waals surface area contributed by atoms with E-state index < -0.39 is 0 Å². The molecule has 90 valence electrons. The number of rotatable bonds is 3. The van der Waals surface area contributed by atoms with E-state index in [9.17, 15) is 5.11 Å². The monoisotopic (exact) mass is 231 g/mol. The highest BCUT2D eigenvalue weighted by Crippen LogP contribution is 2.33. The van der Waals surface area contributed by atoms with E-state index in [1.807, 2.05) is 26.2 Å². The van der Waals surface area contributed by atoms with Gasteiger partial charge in [0.2, 0.25) is 0 Å². The van der Waals surface area contributed by atoms with Crippen molar-refractivity contribution in [3.05, 3.63) is 23.8 Å². The van der Waals surface area contributed by atoms with Crippen LogP contribution in [0.3, 0.4) is 0 Å². The van der Waals surface area contributed by atoms with Crippen LogP contribution in [-0.4, -0.2) is 31.3 Å². The Hall–Kier alpha value is -1.73. The smallest absolute Gasteiger partial charge is 0.0992 e. The van der Waals surface area contributed by atoms with Crippen molar-refractivity contribution in [3.8, 4) is 6.07 Å². The van der Waals surface area contributed by atoms with Crippen LogP contribution in [-0.2, 0) is 0 Å². The lowest BCUT2D eigenvalue weighted by atomic mass is 9.88. The second-order valence-electron chi connectivity index (χ2n) is 4.48. The summed E-state index contributed by atoms with van der Waals surface area (Å²) in [5.74, 6) is 0. The zero-order chi connectivity index (χ0) is 12.4. The van der Waals surface area contributed by atoms with Crippen molar-refractivity contribution in [3.63, 3.8) is 0 Å². The molecule has 0 saturated heterocycles. The molecule has 1 aliphatic rings. The van der Waals surface area contributed by atoms with Gasteiger partial charge in [0.05, 0.1) is 29.1 Å². The molecule has 0 heterocycles. The Kier molecular flexibility index (Phi) is 3.21. The minimum atomic E-state index is -0.167. The van der Waals surface area contributed by atoms with E-state index in [1.54, 1.807) is 6.07 Å². The Balaban J connectivity index is 2.26. The fourth-order valence-electron chi connectivity index (χ4n) is 2.18. The molecule has 0 radical (unpaired) electrons. The topological polar surface area (TPSA) is 59.3 Å². The third-order valence-corrected chi connectivity index (χ3v) is 3.41. The normalized spacial score (nSPS) is 22.5. The number of aliphatic hydroxyl groups is 1. The van der Waals surface area contributed by atoms with Gasteiger partial charge in [0.25, 0.3) is 0 Å². The molecule has 17 heavy (non-hydrogen) atoms. The Labute approximate surface area is 101 Å². The number of nitrogens with zero attached hydrogens (tertiary/aromatic N) is 2. The molecule has 0 amide bonds. The van der Waals surface area contributed by atoms with E-state index in [4.69, 9.17) is 5.26 Å². The minimum Gasteiger partial charge on any atom is -0.393 e. The van der Waals surface area contributed by atoms with Crippen LogP contribution in [0.15, 0.2) is 18.2 Å². The minimum absolute atomic E-state index is 0.167. The molecule has 4 heteroatoms. The molecule has 1 aromatic carbocycles. The van der Waals surface area contributed by atoms with E-state index >= 15 is 0 Å². The quantitative estimate of drug-likeness (QED) is 0.828. The van der Waals surface area contributed by atoms with Crippen molar-refractivity contribution < 1.29 is 5.11 Å². The number of anilines is 2. The van der Waals surface area contributed by atoms with Crippen molar-refractivity contribution in [2.45, 2.75) is 25.0 Å². The van der Waals surface area contributed by atoms with Crippen LogP contribution < -0.4 is 10.2 Å².